The van der Waals surface area contributed by atoms with Gasteiger partial charge in [0.15, 0.2) is 0 Å². The Kier molecular flexibility index (Phi) is 67.1. The first kappa shape index (κ1) is 85.2. The van der Waals surface area contributed by atoms with E-state index >= 15 is 0 Å². The van der Waals surface area contributed by atoms with Crippen molar-refractivity contribution in [1.29, 1.82) is 0 Å². The van der Waals surface area contributed by atoms with Crippen molar-refractivity contribution in [3.8, 4) is 0 Å². The number of aliphatic hydroxyl groups excluding tert-OH is 1. The normalized spacial score (nSPS) is 13.9. The van der Waals surface area contributed by atoms with E-state index in [1.165, 1.54) is 308 Å². The third-order valence-electron chi connectivity index (χ3n) is 17.4. The van der Waals surface area contributed by atoms with Gasteiger partial charge in [-0.25, -0.2) is 0 Å². The summed E-state index contributed by atoms with van der Waals surface area (Å²) in [6, 6.07) is -0.906. The van der Waals surface area contributed by atoms with Crippen LogP contribution in [0.1, 0.15) is 380 Å². The molecule has 87 heavy (non-hydrogen) atoms. The van der Waals surface area contributed by atoms with E-state index in [-0.39, 0.29) is 12.5 Å². The Balaban J connectivity index is 4.02. The summed E-state index contributed by atoms with van der Waals surface area (Å²) in [4.78, 5) is 25.7. The smallest absolute Gasteiger partial charge is 0.268 e. The highest BCUT2D eigenvalue weighted by atomic mass is 31.2. The van der Waals surface area contributed by atoms with Crippen molar-refractivity contribution in [2.45, 2.75) is 392 Å². The van der Waals surface area contributed by atoms with Crippen molar-refractivity contribution in [3.05, 3.63) is 60.8 Å². The molecule has 0 saturated carbocycles. The molecule has 8 nitrogen and oxygen atoms in total. The van der Waals surface area contributed by atoms with Gasteiger partial charge in [0.05, 0.1) is 39.9 Å². The first-order valence-electron chi connectivity index (χ1n) is 38.2. The minimum Gasteiger partial charge on any atom is -0.756 e. The highest BCUT2D eigenvalue weighted by molar-refractivity contribution is 7.45. The van der Waals surface area contributed by atoms with Crippen molar-refractivity contribution >= 4 is 13.7 Å². The molecule has 0 aliphatic carbocycles. The number of rotatable bonds is 71. The van der Waals surface area contributed by atoms with E-state index in [0.29, 0.717) is 17.4 Å². The molecule has 512 valence electrons. The molecule has 2 N–H and O–H groups in total. The Labute approximate surface area is 542 Å². The fourth-order valence-electron chi connectivity index (χ4n) is 11.5. The van der Waals surface area contributed by atoms with Gasteiger partial charge < -0.3 is 28.8 Å². The number of hydrogen-bond acceptors (Lipinski definition) is 6. The van der Waals surface area contributed by atoms with Crippen LogP contribution in [0.5, 0.6) is 0 Å². The molecule has 0 aliphatic rings. The molecule has 0 fully saturated rings. The fraction of sp³-hybridized carbons (Fsp3) is 0.859. The minimum absolute atomic E-state index is 0.00584. The molecule has 0 saturated heterocycles. The lowest BCUT2D eigenvalue weighted by atomic mass is 10.0. The van der Waals surface area contributed by atoms with Gasteiger partial charge in [-0.15, -0.1) is 0 Å². The number of hydrogen-bond donors (Lipinski definition) is 2. The summed E-state index contributed by atoms with van der Waals surface area (Å²) >= 11 is 0. The first-order valence-corrected chi connectivity index (χ1v) is 39.6. The van der Waals surface area contributed by atoms with Gasteiger partial charge in [-0.05, 0) is 70.6 Å². The van der Waals surface area contributed by atoms with Crippen molar-refractivity contribution in [1.82, 2.24) is 5.32 Å². The van der Waals surface area contributed by atoms with Crippen LogP contribution in [0.3, 0.4) is 0 Å². The molecule has 0 heterocycles. The zero-order chi connectivity index (χ0) is 63.4. The third-order valence-corrected chi connectivity index (χ3v) is 18.4. The molecule has 0 radical (unpaired) electrons. The molecule has 0 aromatic carbocycles. The monoisotopic (exact) mass is 1240 g/mol. The van der Waals surface area contributed by atoms with Gasteiger partial charge in [-0.2, -0.15) is 0 Å². The topological polar surface area (TPSA) is 108 Å². The molecule has 0 aromatic heterocycles. The number of amides is 1. The standard InChI is InChI=1S/C78H149N2O6P/c1-6-8-10-12-14-16-18-20-22-24-26-28-30-32-34-36-38-39-40-41-42-44-46-48-50-52-54-56-58-60-62-64-66-68-70-72-78(82)79-76(75-86-87(83,84)85-74-73-80(3,4)5)77(81)71-69-67-65-63-61-59-57-55-53-51-49-47-45-43-37-35-33-31-29-27-25-23-21-19-17-15-13-11-9-7-2/h18,20,24,26,30,32,61,63,69,71,76-77,81H,6-17,19,21-23,25,27-29,31,33-60,62,64-68,70,72-75H2,1-5H3,(H-,79,82,83,84)/b20-18-,26-24-,32-30-,63-61+,71-69+. The summed E-state index contributed by atoms with van der Waals surface area (Å²) in [5.74, 6) is -0.201. The van der Waals surface area contributed by atoms with Crippen molar-refractivity contribution in [3.63, 3.8) is 0 Å². The average Bonchev–Trinajstić information content (AvgIpc) is 3.70. The number of phosphoric acid groups is 1. The Hall–Kier alpha value is -1.80. The zero-order valence-electron chi connectivity index (χ0n) is 58.7. The largest absolute Gasteiger partial charge is 0.756 e. The lowest BCUT2D eigenvalue weighted by Gasteiger charge is -2.29. The maximum absolute atomic E-state index is 13.1. The van der Waals surface area contributed by atoms with E-state index in [2.05, 4.69) is 67.8 Å². The molecule has 0 rings (SSSR count). The second-order valence-corrected chi connectivity index (χ2v) is 28.8. The lowest BCUT2D eigenvalue weighted by molar-refractivity contribution is -0.870. The highest BCUT2D eigenvalue weighted by Gasteiger charge is 2.23. The fourth-order valence-corrected chi connectivity index (χ4v) is 12.3. The average molecular weight is 1240 g/mol. The van der Waals surface area contributed by atoms with E-state index in [0.717, 1.165) is 51.4 Å². The Morgan fingerprint density at radius 3 is 1.01 bits per heavy atom. The summed E-state index contributed by atoms with van der Waals surface area (Å²) < 4.78 is 23.5. The van der Waals surface area contributed by atoms with Crippen LogP contribution in [0, 0.1) is 0 Å². The van der Waals surface area contributed by atoms with Gasteiger partial charge in [0.25, 0.3) is 7.82 Å². The second-order valence-electron chi connectivity index (χ2n) is 27.4. The van der Waals surface area contributed by atoms with Crippen LogP contribution >= 0.6 is 7.82 Å². The van der Waals surface area contributed by atoms with Crippen molar-refractivity contribution in [2.24, 2.45) is 0 Å². The number of phosphoric ester groups is 1. The Bertz CT molecular complexity index is 1600. The first-order chi connectivity index (χ1) is 42.5. The molecule has 3 atom stereocenters. The molecular formula is C78H149N2O6P. The molecule has 0 aliphatic heterocycles. The predicted molar refractivity (Wildman–Crippen MR) is 381 cm³/mol. The summed E-state index contributed by atoms with van der Waals surface area (Å²) in [5.41, 5.74) is 0. The maximum Gasteiger partial charge on any atom is 0.268 e. The van der Waals surface area contributed by atoms with Gasteiger partial charge in [-0.1, -0.05) is 364 Å². The molecule has 3 unspecified atom stereocenters. The number of carbonyl (C=O) groups is 1. The summed E-state index contributed by atoms with van der Waals surface area (Å²) in [5, 5.41) is 14.0. The van der Waals surface area contributed by atoms with Crippen LogP contribution in [0.15, 0.2) is 60.8 Å². The summed E-state index contributed by atoms with van der Waals surface area (Å²) in [7, 11) is 1.26. The summed E-state index contributed by atoms with van der Waals surface area (Å²) in [6.07, 6.45) is 95.2. The van der Waals surface area contributed by atoms with Crippen LogP contribution in [-0.4, -0.2) is 68.5 Å². The highest BCUT2D eigenvalue weighted by Crippen LogP contribution is 2.38. The molecule has 1 amide bonds. The number of allylic oxidation sites excluding steroid dienone is 9. The molecule has 0 aromatic rings. The molecule has 9 heteroatoms. The van der Waals surface area contributed by atoms with E-state index < -0.39 is 26.6 Å². The number of nitrogens with one attached hydrogen (secondary N) is 1. The number of unbranched alkanes of at least 4 members (excludes halogenated alkanes) is 50. The lowest BCUT2D eigenvalue weighted by Crippen LogP contribution is -2.45. The van der Waals surface area contributed by atoms with Gasteiger partial charge >= 0.3 is 0 Å². The van der Waals surface area contributed by atoms with Crippen LogP contribution in [-0.2, 0) is 18.4 Å². The minimum atomic E-state index is -4.62. The van der Waals surface area contributed by atoms with E-state index in [4.69, 9.17) is 9.05 Å². The Morgan fingerprint density at radius 1 is 0.402 bits per heavy atom. The van der Waals surface area contributed by atoms with Crippen molar-refractivity contribution < 1.29 is 32.9 Å². The van der Waals surface area contributed by atoms with Gasteiger partial charge in [0.1, 0.15) is 13.2 Å². The predicted octanol–water partition coefficient (Wildman–Crippen LogP) is 24.1. The van der Waals surface area contributed by atoms with Crippen LogP contribution in [0.2, 0.25) is 0 Å². The number of quaternary nitrogens is 1. The van der Waals surface area contributed by atoms with Crippen LogP contribution in [0.25, 0.3) is 0 Å². The van der Waals surface area contributed by atoms with Crippen LogP contribution < -0.4 is 10.2 Å². The van der Waals surface area contributed by atoms with Crippen LogP contribution in [0.4, 0.5) is 0 Å². The molecule has 0 spiro atoms. The number of likely N-dealkylation sites (N-methyl/N-ethyl adjacent to an activating group) is 1. The zero-order valence-corrected chi connectivity index (χ0v) is 59.6. The molecular weight excluding hydrogens is 1090 g/mol. The molecule has 0 bridgehead atoms. The second kappa shape index (κ2) is 68.6. The number of aliphatic hydroxyl groups is 1. The van der Waals surface area contributed by atoms with Gasteiger partial charge in [-0.3, -0.25) is 9.36 Å². The SMILES string of the molecule is CCCCCCC/C=C\C/C=C\C/C=C\CCCCCCCCCCCCCCCCCCCCCCC(=O)NC(COP(=O)([O-])OCC[N+](C)(C)C)C(O)/C=C/CC/C=C/CCCCCCCCCCCCCCCCCCCCCCCCCC. The Morgan fingerprint density at radius 2 is 0.678 bits per heavy atom. The number of carbonyl (C=O) groups excluding carboxylic acids is 1. The van der Waals surface area contributed by atoms with E-state index in [1.54, 1.807) is 6.08 Å². The van der Waals surface area contributed by atoms with Gasteiger partial charge in [0.2, 0.25) is 5.91 Å². The third kappa shape index (κ3) is 71.5. The van der Waals surface area contributed by atoms with Gasteiger partial charge in [0, 0.05) is 6.42 Å². The van der Waals surface area contributed by atoms with E-state index in [1.807, 2.05) is 27.2 Å². The van der Waals surface area contributed by atoms with Crippen molar-refractivity contribution in [2.75, 3.05) is 40.9 Å². The summed E-state index contributed by atoms with van der Waals surface area (Å²) in [6.45, 7) is 4.67. The number of nitrogens with zero attached hydrogens (tertiary/aromatic N) is 1. The maximum atomic E-state index is 13.1. The van der Waals surface area contributed by atoms with E-state index in [9.17, 15) is 19.4 Å². The quantitative estimate of drug-likeness (QED) is 0.0272.